The van der Waals surface area contributed by atoms with Crippen molar-refractivity contribution in [1.82, 2.24) is 0 Å². The summed E-state index contributed by atoms with van der Waals surface area (Å²) in [5.41, 5.74) is 1.05. The van der Waals surface area contributed by atoms with E-state index >= 15 is 0 Å². The van der Waals surface area contributed by atoms with Crippen LogP contribution in [-0.4, -0.2) is 10.5 Å². The number of hydrogen-bond donors (Lipinski definition) is 0. The van der Waals surface area contributed by atoms with Crippen molar-refractivity contribution < 1.29 is 4.79 Å². The van der Waals surface area contributed by atoms with Gasteiger partial charge in [-0.25, -0.2) is 0 Å². The van der Waals surface area contributed by atoms with Crippen molar-refractivity contribution in [3.8, 4) is 0 Å². The molecule has 1 aromatic carbocycles. The Morgan fingerprint density at radius 3 is 3.00 bits per heavy atom. The molecule has 2 atom stereocenters. The summed E-state index contributed by atoms with van der Waals surface area (Å²) in [7, 11) is 0. The molecule has 76 valence electrons. The second-order valence-corrected chi connectivity index (χ2v) is 6.46. The quantitative estimate of drug-likeness (QED) is 0.662. The van der Waals surface area contributed by atoms with Crippen LogP contribution in [0.5, 0.6) is 0 Å². The Hall–Kier alpha value is -0.760. The van der Waals surface area contributed by atoms with Gasteiger partial charge in [0, 0.05) is 15.2 Å². The maximum absolute atomic E-state index is 12.4. The van der Waals surface area contributed by atoms with E-state index < -0.39 is 0 Å². The zero-order valence-corrected chi connectivity index (χ0v) is 9.27. The van der Waals surface area contributed by atoms with Crippen LogP contribution in [0, 0.1) is 5.41 Å². The highest BCUT2D eigenvalue weighted by Crippen LogP contribution is 2.77. The van der Waals surface area contributed by atoms with Gasteiger partial charge >= 0.3 is 0 Å². The minimum absolute atomic E-state index is 0.0615. The average molecular weight is 216 g/mol. The molecule has 1 nitrogen and oxygen atoms in total. The van der Waals surface area contributed by atoms with Crippen LogP contribution in [0.3, 0.4) is 0 Å². The molecule has 2 unspecified atom stereocenters. The molecule has 0 aromatic heterocycles. The van der Waals surface area contributed by atoms with E-state index in [0.29, 0.717) is 10.5 Å². The molecule has 0 bridgehead atoms. The summed E-state index contributed by atoms with van der Waals surface area (Å²) in [4.78, 5) is 13.7. The van der Waals surface area contributed by atoms with Crippen molar-refractivity contribution in [3.63, 3.8) is 0 Å². The number of benzene rings is 1. The number of carbonyl (C=O) groups excluding carboxylic acids is 1. The zero-order valence-electron chi connectivity index (χ0n) is 8.45. The number of thioether (sulfide) groups is 1. The van der Waals surface area contributed by atoms with E-state index in [9.17, 15) is 4.79 Å². The smallest absolute Gasteiger partial charge is 0.171 e. The van der Waals surface area contributed by atoms with E-state index in [0.717, 1.165) is 18.4 Å². The molecule has 2 aliphatic carbocycles. The molecular formula is C13H12OS. The fourth-order valence-electron chi connectivity index (χ4n) is 3.56. The minimum Gasteiger partial charge on any atom is -0.293 e. The molecule has 4 rings (SSSR count). The van der Waals surface area contributed by atoms with Gasteiger partial charge in [-0.3, -0.25) is 4.79 Å². The molecule has 1 heterocycles. The third-order valence-electron chi connectivity index (χ3n) is 4.39. The molecule has 2 saturated carbocycles. The van der Waals surface area contributed by atoms with Crippen LogP contribution in [-0.2, 0) is 0 Å². The van der Waals surface area contributed by atoms with Crippen LogP contribution in [0.25, 0.3) is 0 Å². The number of fused-ring (bicyclic) bond motifs is 1. The van der Waals surface area contributed by atoms with E-state index in [1.54, 1.807) is 0 Å². The Morgan fingerprint density at radius 2 is 2.07 bits per heavy atom. The first kappa shape index (κ1) is 8.40. The van der Waals surface area contributed by atoms with Crippen LogP contribution in [0.1, 0.15) is 36.0 Å². The van der Waals surface area contributed by atoms with Gasteiger partial charge in [0.2, 0.25) is 0 Å². The van der Waals surface area contributed by atoms with Gasteiger partial charge in [0.25, 0.3) is 0 Å². The van der Waals surface area contributed by atoms with E-state index in [2.05, 4.69) is 6.07 Å². The first-order valence-corrected chi connectivity index (χ1v) is 6.42. The lowest BCUT2D eigenvalue weighted by Crippen LogP contribution is -2.25. The number of Topliss-reactive ketones (excluding diaryl/α,β-unsaturated/α-hetero) is 1. The van der Waals surface area contributed by atoms with E-state index in [1.165, 1.54) is 17.7 Å². The van der Waals surface area contributed by atoms with Gasteiger partial charge < -0.3 is 0 Å². The summed E-state index contributed by atoms with van der Waals surface area (Å²) in [5, 5.41) is 0. The lowest BCUT2D eigenvalue weighted by Gasteiger charge is -2.24. The average Bonchev–Trinajstić information content (AvgIpc) is 2.76. The lowest BCUT2D eigenvalue weighted by atomic mass is 9.92. The first-order chi connectivity index (χ1) is 7.28. The molecule has 15 heavy (non-hydrogen) atoms. The van der Waals surface area contributed by atoms with Gasteiger partial charge in [-0.15, -0.1) is 11.8 Å². The van der Waals surface area contributed by atoms with Crippen molar-refractivity contribution in [3.05, 3.63) is 29.8 Å². The number of carbonyl (C=O) groups is 1. The Morgan fingerprint density at radius 1 is 1.20 bits per heavy atom. The highest BCUT2D eigenvalue weighted by atomic mass is 32.2. The second-order valence-electron chi connectivity index (χ2n) is 5.03. The van der Waals surface area contributed by atoms with Crippen molar-refractivity contribution in [1.29, 1.82) is 0 Å². The topological polar surface area (TPSA) is 17.1 Å². The summed E-state index contributed by atoms with van der Waals surface area (Å²) >= 11 is 1.98. The SMILES string of the molecule is O=C1c2ccccc2SC23CCCC12C3. The van der Waals surface area contributed by atoms with E-state index in [-0.39, 0.29) is 5.41 Å². The van der Waals surface area contributed by atoms with Crippen LogP contribution >= 0.6 is 11.8 Å². The summed E-state index contributed by atoms with van der Waals surface area (Å²) in [6.45, 7) is 0. The fourth-order valence-corrected chi connectivity index (χ4v) is 5.35. The Balaban J connectivity index is 1.95. The third kappa shape index (κ3) is 0.782. The summed E-state index contributed by atoms with van der Waals surface area (Å²) in [5.74, 6) is 0.439. The first-order valence-electron chi connectivity index (χ1n) is 5.60. The van der Waals surface area contributed by atoms with Crippen LogP contribution in [0.2, 0.25) is 0 Å². The van der Waals surface area contributed by atoms with Crippen molar-refractivity contribution in [2.75, 3.05) is 0 Å². The van der Waals surface area contributed by atoms with Crippen LogP contribution < -0.4 is 0 Å². The van der Waals surface area contributed by atoms with Crippen LogP contribution in [0.4, 0.5) is 0 Å². The van der Waals surface area contributed by atoms with Gasteiger partial charge in [0.15, 0.2) is 5.78 Å². The third-order valence-corrected chi connectivity index (χ3v) is 6.10. The molecule has 0 radical (unpaired) electrons. The predicted octanol–water partition coefficient (Wildman–Crippen LogP) is 3.29. The maximum Gasteiger partial charge on any atom is 0.171 e. The fraction of sp³-hybridized carbons (Fsp3) is 0.462. The Labute approximate surface area is 93.3 Å². The molecule has 2 fully saturated rings. The normalized spacial score (nSPS) is 40.7. The molecular weight excluding hydrogens is 204 g/mol. The van der Waals surface area contributed by atoms with Gasteiger partial charge in [0.05, 0.1) is 5.41 Å². The lowest BCUT2D eigenvalue weighted by molar-refractivity contribution is 0.0891. The molecule has 1 aliphatic heterocycles. The van der Waals surface area contributed by atoms with E-state index in [4.69, 9.17) is 0 Å². The summed E-state index contributed by atoms with van der Waals surface area (Å²) in [6, 6.07) is 8.13. The molecule has 0 amide bonds. The monoisotopic (exact) mass is 216 g/mol. The summed E-state index contributed by atoms with van der Waals surface area (Å²) in [6.07, 6.45) is 4.76. The van der Waals surface area contributed by atoms with Gasteiger partial charge in [0.1, 0.15) is 0 Å². The number of hydrogen-bond acceptors (Lipinski definition) is 2. The van der Waals surface area contributed by atoms with E-state index in [1.807, 2.05) is 30.0 Å². The van der Waals surface area contributed by atoms with Crippen molar-refractivity contribution in [2.24, 2.45) is 5.41 Å². The van der Waals surface area contributed by atoms with Crippen molar-refractivity contribution >= 4 is 17.5 Å². The zero-order chi connectivity index (χ0) is 10.1. The second kappa shape index (κ2) is 2.32. The van der Waals surface area contributed by atoms with Crippen molar-refractivity contribution in [2.45, 2.75) is 35.3 Å². The Kier molecular flexibility index (Phi) is 1.30. The minimum atomic E-state index is 0.0615. The molecule has 0 N–H and O–H groups in total. The van der Waals surface area contributed by atoms with Gasteiger partial charge in [-0.2, -0.15) is 0 Å². The largest absolute Gasteiger partial charge is 0.293 e. The number of rotatable bonds is 0. The van der Waals surface area contributed by atoms with Gasteiger partial charge in [-0.1, -0.05) is 24.6 Å². The summed E-state index contributed by atoms with van der Waals surface area (Å²) < 4.78 is 0.318. The predicted molar refractivity (Wildman–Crippen MR) is 60.3 cm³/mol. The number of ketones is 1. The molecule has 1 aromatic rings. The van der Waals surface area contributed by atoms with Gasteiger partial charge in [-0.05, 0) is 25.3 Å². The molecule has 0 saturated heterocycles. The van der Waals surface area contributed by atoms with Crippen LogP contribution in [0.15, 0.2) is 29.2 Å². The highest BCUT2D eigenvalue weighted by molar-refractivity contribution is 8.01. The molecule has 0 spiro atoms. The Bertz CT molecular complexity index is 481. The molecule has 3 aliphatic rings. The molecule has 2 heteroatoms. The highest BCUT2D eigenvalue weighted by Gasteiger charge is 2.75. The maximum atomic E-state index is 12.4. The standard InChI is InChI=1S/C13H12OS/c14-11-9-4-1-2-5-10(9)15-13-7-3-6-12(11,13)8-13/h1-2,4-5H,3,6-8H2.